The number of aliphatic hydroxyl groups excluding tert-OH is 1. The Morgan fingerprint density at radius 3 is 3.07 bits per heavy atom. The first-order valence-corrected chi connectivity index (χ1v) is 6.22. The van der Waals surface area contributed by atoms with Crippen LogP contribution in [0.1, 0.15) is 11.7 Å². The van der Waals surface area contributed by atoms with Crippen molar-refractivity contribution in [3.05, 3.63) is 42.1 Å². The predicted octanol–water partition coefficient (Wildman–Crippen LogP) is 2.63. The molecule has 0 radical (unpaired) electrons. The van der Waals surface area contributed by atoms with Gasteiger partial charge >= 0.3 is 0 Å². The van der Waals surface area contributed by atoms with Crippen LogP contribution in [-0.2, 0) is 0 Å². The Hall–Kier alpha value is -1.06. The first-order chi connectivity index (χ1) is 7.31. The van der Waals surface area contributed by atoms with E-state index in [2.05, 4.69) is 4.98 Å². The standard InChI is InChI=1S/C12H13NOS/c1-15-8-12(14)10-4-5-11-9(7-10)3-2-6-13-11/h2-7,12,14H,8H2,1H3. The molecule has 0 bridgehead atoms. The van der Waals surface area contributed by atoms with Crippen molar-refractivity contribution in [3.63, 3.8) is 0 Å². The van der Waals surface area contributed by atoms with Crippen LogP contribution in [0.3, 0.4) is 0 Å². The number of hydrogen-bond acceptors (Lipinski definition) is 3. The minimum atomic E-state index is -0.385. The van der Waals surface area contributed by atoms with Crippen LogP contribution in [0.25, 0.3) is 10.9 Å². The fourth-order valence-electron chi connectivity index (χ4n) is 1.56. The van der Waals surface area contributed by atoms with Gasteiger partial charge in [0, 0.05) is 17.3 Å². The van der Waals surface area contributed by atoms with Crippen LogP contribution < -0.4 is 0 Å². The predicted molar refractivity (Wildman–Crippen MR) is 65.1 cm³/mol. The van der Waals surface area contributed by atoms with Crippen LogP contribution in [0.2, 0.25) is 0 Å². The van der Waals surface area contributed by atoms with Crippen LogP contribution in [0.15, 0.2) is 36.5 Å². The van der Waals surface area contributed by atoms with Gasteiger partial charge in [-0.3, -0.25) is 4.98 Å². The van der Waals surface area contributed by atoms with Crippen molar-refractivity contribution in [2.24, 2.45) is 0 Å². The van der Waals surface area contributed by atoms with E-state index < -0.39 is 0 Å². The normalized spacial score (nSPS) is 12.9. The molecule has 2 rings (SSSR count). The monoisotopic (exact) mass is 219 g/mol. The third-order valence-corrected chi connectivity index (χ3v) is 2.99. The van der Waals surface area contributed by atoms with Crippen LogP contribution in [0.5, 0.6) is 0 Å². The molecular formula is C12H13NOS. The maximum Gasteiger partial charge on any atom is 0.0880 e. The lowest BCUT2D eigenvalue weighted by Crippen LogP contribution is -1.99. The van der Waals surface area contributed by atoms with Crippen molar-refractivity contribution >= 4 is 22.7 Å². The van der Waals surface area contributed by atoms with Gasteiger partial charge in [0.1, 0.15) is 0 Å². The number of fused-ring (bicyclic) bond motifs is 1. The average molecular weight is 219 g/mol. The second-order valence-electron chi connectivity index (χ2n) is 3.43. The van der Waals surface area contributed by atoms with Gasteiger partial charge in [-0.15, -0.1) is 0 Å². The molecule has 1 atom stereocenters. The molecule has 0 amide bonds. The molecule has 1 heterocycles. The van der Waals surface area contributed by atoms with E-state index in [0.717, 1.165) is 22.2 Å². The summed E-state index contributed by atoms with van der Waals surface area (Å²) in [5.74, 6) is 0.728. The number of thioether (sulfide) groups is 1. The molecule has 3 heteroatoms. The van der Waals surface area contributed by atoms with Crippen LogP contribution in [0.4, 0.5) is 0 Å². The lowest BCUT2D eigenvalue weighted by molar-refractivity contribution is 0.204. The summed E-state index contributed by atoms with van der Waals surface area (Å²) in [7, 11) is 0. The van der Waals surface area contributed by atoms with E-state index >= 15 is 0 Å². The van der Waals surface area contributed by atoms with E-state index in [1.54, 1.807) is 18.0 Å². The maximum atomic E-state index is 9.84. The Morgan fingerprint density at radius 2 is 2.27 bits per heavy atom. The quantitative estimate of drug-likeness (QED) is 0.861. The summed E-state index contributed by atoms with van der Waals surface area (Å²) in [5.41, 5.74) is 1.93. The van der Waals surface area contributed by atoms with Gasteiger partial charge in [-0.05, 0) is 30.0 Å². The Labute approximate surface area is 93.3 Å². The Kier molecular flexibility index (Phi) is 3.23. The minimum Gasteiger partial charge on any atom is -0.388 e. The number of benzene rings is 1. The van der Waals surface area contributed by atoms with Crippen LogP contribution in [-0.4, -0.2) is 22.1 Å². The van der Waals surface area contributed by atoms with Crippen molar-refractivity contribution in [1.29, 1.82) is 0 Å². The molecule has 0 aliphatic rings. The van der Waals surface area contributed by atoms with E-state index in [9.17, 15) is 5.11 Å². The number of rotatable bonds is 3. The summed E-state index contributed by atoms with van der Waals surface area (Å²) < 4.78 is 0. The van der Waals surface area contributed by atoms with E-state index in [1.165, 1.54) is 0 Å². The van der Waals surface area contributed by atoms with Gasteiger partial charge < -0.3 is 5.11 Å². The second kappa shape index (κ2) is 4.64. The van der Waals surface area contributed by atoms with E-state index in [0.29, 0.717) is 0 Å². The third-order valence-electron chi connectivity index (χ3n) is 2.34. The Balaban J connectivity index is 2.38. The highest BCUT2D eigenvalue weighted by atomic mass is 32.2. The molecule has 0 saturated heterocycles. The zero-order valence-corrected chi connectivity index (χ0v) is 9.37. The molecule has 0 spiro atoms. The largest absolute Gasteiger partial charge is 0.388 e. The average Bonchev–Trinajstić information content (AvgIpc) is 2.29. The lowest BCUT2D eigenvalue weighted by Gasteiger charge is -2.09. The van der Waals surface area contributed by atoms with E-state index in [4.69, 9.17) is 0 Å². The van der Waals surface area contributed by atoms with Crippen molar-refractivity contribution in [2.45, 2.75) is 6.10 Å². The zero-order chi connectivity index (χ0) is 10.7. The zero-order valence-electron chi connectivity index (χ0n) is 8.55. The molecule has 0 aliphatic carbocycles. The molecule has 0 aliphatic heterocycles. The van der Waals surface area contributed by atoms with Gasteiger partial charge in [-0.1, -0.05) is 12.1 Å². The van der Waals surface area contributed by atoms with Crippen molar-refractivity contribution in [2.75, 3.05) is 12.0 Å². The van der Waals surface area contributed by atoms with Crippen LogP contribution in [0, 0.1) is 0 Å². The number of aromatic nitrogens is 1. The van der Waals surface area contributed by atoms with Gasteiger partial charge in [0.05, 0.1) is 11.6 Å². The van der Waals surface area contributed by atoms with Gasteiger partial charge in [0.15, 0.2) is 0 Å². The van der Waals surface area contributed by atoms with E-state index in [-0.39, 0.29) is 6.10 Å². The van der Waals surface area contributed by atoms with Gasteiger partial charge in [-0.25, -0.2) is 0 Å². The summed E-state index contributed by atoms with van der Waals surface area (Å²) in [6.45, 7) is 0. The molecule has 1 unspecified atom stereocenters. The summed E-state index contributed by atoms with van der Waals surface area (Å²) in [5, 5.41) is 10.9. The fourth-order valence-corrected chi connectivity index (χ4v) is 2.06. The molecule has 2 aromatic rings. The summed E-state index contributed by atoms with van der Waals surface area (Å²) in [6.07, 6.45) is 3.39. The number of pyridine rings is 1. The molecule has 0 fully saturated rings. The molecule has 0 saturated carbocycles. The Bertz CT molecular complexity index is 458. The molecule has 1 aromatic heterocycles. The highest BCUT2D eigenvalue weighted by molar-refractivity contribution is 7.98. The maximum absolute atomic E-state index is 9.84. The van der Waals surface area contributed by atoms with Crippen molar-refractivity contribution in [1.82, 2.24) is 4.98 Å². The topological polar surface area (TPSA) is 33.1 Å². The third kappa shape index (κ3) is 2.30. The Morgan fingerprint density at radius 1 is 1.40 bits per heavy atom. The first kappa shape index (κ1) is 10.5. The molecule has 15 heavy (non-hydrogen) atoms. The summed E-state index contributed by atoms with van der Waals surface area (Å²) >= 11 is 1.64. The van der Waals surface area contributed by atoms with Gasteiger partial charge in [0.2, 0.25) is 0 Å². The molecule has 2 nitrogen and oxygen atoms in total. The summed E-state index contributed by atoms with van der Waals surface area (Å²) in [6, 6.07) is 9.82. The first-order valence-electron chi connectivity index (χ1n) is 4.83. The SMILES string of the molecule is CSCC(O)c1ccc2ncccc2c1. The lowest BCUT2D eigenvalue weighted by atomic mass is 10.1. The van der Waals surface area contributed by atoms with Crippen molar-refractivity contribution in [3.8, 4) is 0 Å². The smallest absolute Gasteiger partial charge is 0.0880 e. The van der Waals surface area contributed by atoms with Gasteiger partial charge in [-0.2, -0.15) is 11.8 Å². The molecule has 78 valence electrons. The molecular weight excluding hydrogens is 206 g/mol. The highest BCUT2D eigenvalue weighted by Gasteiger charge is 2.06. The fraction of sp³-hybridized carbons (Fsp3) is 0.250. The number of aliphatic hydroxyl groups is 1. The minimum absolute atomic E-state index is 0.385. The number of nitrogens with zero attached hydrogens (tertiary/aromatic N) is 1. The van der Waals surface area contributed by atoms with Crippen molar-refractivity contribution < 1.29 is 5.11 Å². The summed E-state index contributed by atoms with van der Waals surface area (Å²) in [4.78, 5) is 4.24. The van der Waals surface area contributed by atoms with Crippen LogP contribution >= 0.6 is 11.8 Å². The van der Waals surface area contributed by atoms with Gasteiger partial charge in [0.25, 0.3) is 0 Å². The van der Waals surface area contributed by atoms with E-state index in [1.807, 2.05) is 36.6 Å². The number of hydrogen-bond donors (Lipinski definition) is 1. The molecule has 1 N–H and O–H groups in total. The highest BCUT2D eigenvalue weighted by Crippen LogP contribution is 2.21. The second-order valence-corrected chi connectivity index (χ2v) is 4.34. The molecule has 1 aromatic carbocycles.